The number of fused-ring (bicyclic) bond motifs is 3. The van der Waals surface area contributed by atoms with Crippen molar-refractivity contribution < 1.29 is 13.9 Å². The fraction of sp³-hybridized carbons (Fsp3) is 0.227. The normalized spacial score (nSPS) is 13.4. The lowest BCUT2D eigenvalue weighted by Crippen LogP contribution is -2.18. The molecule has 1 aliphatic carbocycles. The number of aromatic nitrogens is 4. The van der Waals surface area contributed by atoms with Crippen molar-refractivity contribution in [1.29, 1.82) is 0 Å². The lowest BCUT2D eigenvalue weighted by Gasteiger charge is -2.10. The third kappa shape index (κ3) is 4.19. The van der Waals surface area contributed by atoms with Gasteiger partial charge in [0, 0.05) is 4.88 Å². The molecule has 1 aliphatic rings. The summed E-state index contributed by atoms with van der Waals surface area (Å²) in [5, 5.41) is 4.82. The fourth-order valence-electron chi connectivity index (χ4n) is 3.70. The summed E-state index contributed by atoms with van der Waals surface area (Å²) in [6, 6.07) is 4.91. The Morgan fingerprint density at radius 2 is 2.09 bits per heavy atom. The quantitative estimate of drug-likeness (QED) is 0.303. The van der Waals surface area contributed by atoms with E-state index in [1.807, 2.05) is 0 Å². The van der Waals surface area contributed by atoms with Crippen LogP contribution in [-0.4, -0.2) is 33.0 Å². The molecule has 4 aromatic rings. The predicted octanol–water partition coefficient (Wildman–Crippen LogP) is 4.60. The monoisotopic (exact) mass is 485 g/mol. The SMILES string of the molecule is COc1cc(/C=N\n2cnc3sc4c(c3c2=O)CCCC4)ccc1Oc1nc(Cl)ncc1F. The number of hydrogen-bond acceptors (Lipinski definition) is 8. The molecule has 168 valence electrons. The Hall–Kier alpha value is -3.37. The minimum Gasteiger partial charge on any atom is -0.493 e. The van der Waals surface area contributed by atoms with Crippen molar-refractivity contribution in [2.75, 3.05) is 7.11 Å². The highest BCUT2D eigenvalue weighted by molar-refractivity contribution is 7.18. The molecule has 0 spiro atoms. The van der Waals surface area contributed by atoms with E-state index in [2.05, 4.69) is 20.1 Å². The number of aryl methyl sites for hydroxylation is 2. The number of benzene rings is 1. The first kappa shape index (κ1) is 21.5. The van der Waals surface area contributed by atoms with Gasteiger partial charge in [0.15, 0.2) is 11.5 Å². The van der Waals surface area contributed by atoms with Crippen molar-refractivity contribution in [2.24, 2.45) is 5.10 Å². The topological polar surface area (TPSA) is 91.5 Å². The molecule has 0 bridgehead atoms. The average molecular weight is 486 g/mol. The van der Waals surface area contributed by atoms with Gasteiger partial charge in [-0.15, -0.1) is 11.3 Å². The smallest absolute Gasteiger partial charge is 0.282 e. The molecular weight excluding hydrogens is 469 g/mol. The molecule has 0 saturated carbocycles. The highest BCUT2D eigenvalue weighted by atomic mass is 35.5. The second-order valence-corrected chi connectivity index (χ2v) is 8.76. The first-order chi connectivity index (χ1) is 16.0. The Kier molecular flexibility index (Phi) is 5.77. The molecule has 1 aromatic carbocycles. The van der Waals surface area contributed by atoms with Gasteiger partial charge in [-0.1, -0.05) is 0 Å². The summed E-state index contributed by atoms with van der Waals surface area (Å²) in [5.74, 6) is -0.529. The van der Waals surface area contributed by atoms with E-state index in [1.54, 1.807) is 29.5 Å². The number of rotatable bonds is 5. The van der Waals surface area contributed by atoms with E-state index >= 15 is 0 Å². The van der Waals surface area contributed by atoms with Crippen LogP contribution in [0.1, 0.15) is 28.8 Å². The van der Waals surface area contributed by atoms with E-state index in [0.717, 1.165) is 42.3 Å². The van der Waals surface area contributed by atoms with Crippen LogP contribution in [0.4, 0.5) is 4.39 Å². The molecule has 0 aliphatic heterocycles. The van der Waals surface area contributed by atoms with Crippen molar-refractivity contribution in [3.63, 3.8) is 0 Å². The molecule has 3 heterocycles. The van der Waals surface area contributed by atoms with Gasteiger partial charge in [-0.05, 0) is 66.6 Å². The summed E-state index contributed by atoms with van der Waals surface area (Å²) >= 11 is 7.31. The molecule has 0 radical (unpaired) electrons. The second kappa shape index (κ2) is 8.87. The van der Waals surface area contributed by atoms with Crippen LogP contribution in [0, 0.1) is 5.82 Å². The first-order valence-electron chi connectivity index (χ1n) is 10.1. The fourth-order valence-corrected chi connectivity index (χ4v) is 5.05. The molecule has 8 nitrogen and oxygen atoms in total. The molecule has 5 rings (SSSR count). The van der Waals surface area contributed by atoms with Gasteiger partial charge in [0.25, 0.3) is 11.4 Å². The maximum Gasteiger partial charge on any atom is 0.282 e. The van der Waals surface area contributed by atoms with E-state index < -0.39 is 5.82 Å². The largest absolute Gasteiger partial charge is 0.493 e. The summed E-state index contributed by atoms with van der Waals surface area (Å²) in [5.41, 5.74) is 1.57. The van der Waals surface area contributed by atoms with Gasteiger partial charge >= 0.3 is 0 Å². The lowest BCUT2D eigenvalue weighted by atomic mass is 9.97. The molecule has 0 fully saturated rings. The van der Waals surface area contributed by atoms with Gasteiger partial charge in [-0.3, -0.25) is 4.79 Å². The molecule has 0 atom stereocenters. The third-order valence-electron chi connectivity index (χ3n) is 5.27. The predicted molar refractivity (Wildman–Crippen MR) is 124 cm³/mol. The van der Waals surface area contributed by atoms with Gasteiger partial charge in [0.1, 0.15) is 11.2 Å². The molecule has 33 heavy (non-hydrogen) atoms. The zero-order valence-electron chi connectivity index (χ0n) is 17.4. The maximum atomic E-state index is 13.9. The summed E-state index contributed by atoms with van der Waals surface area (Å²) in [6.07, 6.45) is 7.99. The van der Waals surface area contributed by atoms with Gasteiger partial charge in [-0.25, -0.2) is 9.97 Å². The second-order valence-electron chi connectivity index (χ2n) is 7.33. The average Bonchev–Trinajstić information content (AvgIpc) is 3.21. The zero-order valence-corrected chi connectivity index (χ0v) is 19.0. The Labute approximate surface area is 196 Å². The standard InChI is InChI=1S/C22H17ClFN5O3S/c1-31-16-8-12(6-7-15(16)32-19-14(24)10-25-22(23)28-19)9-27-29-11-26-20-18(21(29)30)13-4-2-3-5-17(13)33-20/h6-11H,2-5H2,1H3/b27-9-. The number of nitrogens with zero attached hydrogens (tertiary/aromatic N) is 5. The summed E-state index contributed by atoms with van der Waals surface area (Å²) in [4.78, 5) is 26.8. The van der Waals surface area contributed by atoms with E-state index in [-0.39, 0.29) is 22.5 Å². The zero-order chi connectivity index (χ0) is 22.9. The van der Waals surface area contributed by atoms with Crippen LogP contribution in [-0.2, 0) is 12.8 Å². The van der Waals surface area contributed by atoms with Crippen molar-refractivity contribution in [1.82, 2.24) is 19.6 Å². The van der Waals surface area contributed by atoms with Gasteiger partial charge in [0.05, 0.1) is 24.9 Å². The number of thiophene rings is 1. The van der Waals surface area contributed by atoms with Gasteiger partial charge in [-0.2, -0.15) is 19.2 Å². The summed E-state index contributed by atoms with van der Waals surface area (Å²) in [7, 11) is 1.45. The van der Waals surface area contributed by atoms with Gasteiger partial charge < -0.3 is 9.47 Å². The number of hydrogen-bond donors (Lipinski definition) is 0. The van der Waals surface area contributed by atoms with Crippen molar-refractivity contribution in [3.8, 4) is 17.4 Å². The Morgan fingerprint density at radius 3 is 2.94 bits per heavy atom. The minimum atomic E-state index is -0.759. The van der Waals surface area contributed by atoms with Crippen LogP contribution in [0.25, 0.3) is 10.2 Å². The van der Waals surface area contributed by atoms with Crippen LogP contribution in [0.5, 0.6) is 17.4 Å². The Balaban J connectivity index is 1.44. The van der Waals surface area contributed by atoms with Crippen LogP contribution < -0.4 is 15.0 Å². The molecular formula is C22H17ClFN5O3S. The minimum absolute atomic E-state index is 0.142. The molecule has 0 amide bonds. The van der Waals surface area contributed by atoms with Crippen LogP contribution in [0.15, 0.2) is 40.6 Å². The van der Waals surface area contributed by atoms with Crippen LogP contribution >= 0.6 is 22.9 Å². The molecule has 0 N–H and O–H groups in total. The van der Waals surface area contributed by atoms with E-state index in [9.17, 15) is 9.18 Å². The molecule has 11 heteroatoms. The van der Waals surface area contributed by atoms with Crippen molar-refractivity contribution >= 4 is 39.4 Å². The maximum absolute atomic E-state index is 13.9. The molecule has 0 unspecified atom stereocenters. The third-order valence-corrected chi connectivity index (χ3v) is 6.65. The summed E-state index contributed by atoms with van der Waals surface area (Å²) in [6.45, 7) is 0. The Bertz CT molecular complexity index is 1450. The first-order valence-corrected chi connectivity index (χ1v) is 11.3. The number of ether oxygens (including phenoxy) is 2. The van der Waals surface area contributed by atoms with Crippen molar-refractivity contribution in [2.45, 2.75) is 25.7 Å². The number of methoxy groups -OCH3 is 1. The van der Waals surface area contributed by atoms with E-state index in [1.165, 1.54) is 29.2 Å². The highest BCUT2D eigenvalue weighted by Crippen LogP contribution is 2.34. The van der Waals surface area contributed by atoms with Crippen LogP contribution in [0.2, 0.25) is 5.28 Å². The van der Waals surface area contributed by atoms with Crippen molar-refractivity contribution in [3.05, 3.63) is 68.2 Å². The Morgan fingerprint density at radius 1 is 1.24 bits per heavy atom. The van der Waals surface area contributed by atoms with Crippen LogP contribution in [0.3, 0.4) is 0 Å². The van der Waals surface area contributed by atoms with E-state index in [4.69, 9.17) is 21.1 Å². The molecule has 0 saturated heterocycles. The number of halogens is 2. The van der Waals surface area contributed by atoms with E-state index in [0.29, 0.717) is 16.7 Å². The summed E-state index contributed by atoms with van der Waals surface area (Å²) < 4.78 is 26.0. The van der Waals surface area contributed by atoms with Gasteiger partial charge in [0.2, 0.25) is 11.1 Å². The lowest BCUT2D eigenvalue weighted by molar-refractivity contribution is 0.363. The molecule has 3 aromatic heterocycles. The highest BCUT2D eigenvalue weighted by Gasteiger charge is 2.20.